The molecule has 0 spiro atoms. The summed E-state index contributed by atoms with van der Waals surface area (Å²) in [5, 5.41) is 16.5. The number of hydrogen-bond donors (Lipinski definition) is 3. The lowest BCUT2D eigenvalue weighted by molar-refractivity contribution is -0.236. The number of halogens is 1. The number of nitrogens with one attached hydrogen (secondary N) is 2. The maximum absolute atomic E-state index is 14.3. The van der Waals surface area contributed by atoms with Crippen LogP contribution in [0, 0.1) is 68.0 Å². The number of carboxylic acids is 1. The largest absolute Gasteiger partial charge is 0.491 e. The van der Waals surface area contributed by atoms with Crippen LogP contribution in [0.4, 0.5) is 0 Å². The van der Waals surface area contributed by atoms with Gasteiger partial charge in [0.1, 0.15) is 18.5 Å². The molecule has 1 aromatic carbocycles. The summed E-state index contributed by atoms with van der Waals surface area (Å²) in [6.07, 6.45) is 8.29. The van der Waals surface area contributed by atoms with Crippen molar-refractivity contribution >= 4 is 41.1 Å². The summed E-state index contributed by atoms with van der Waals surface area (Å²) in [5.74, 6) is -0.813. The number of morpholine rings is 1. The molecule has 2 amide bonds. The molecule has 3 N–H and O–H groups in total. The number of Topliss-reactive ketones (excluding diaryl/α,β-unsaturated/α-hetero) is 1. The van der Waals surface area contributed by atoms with Crippen molar-refractivity contribution in [3.8, 4) is 5.75 Å². The first-order chi connectivity index (χ1) is 32.2. The highest BCUT2D eigenvalue weighted by atomic mass is 35.5. The lowest BCUT2D eigenvalue weighted by Gasteiger charge is -2.72. The van der Waals surface area contributed by atoms with Gasteiger partial charge in [-0.25, -0.2) is 0 Å². The third kappa shape index (κ3) is 8.99. The SMILES string of the molecule is CC(C)C1=C2[C@H]3CC[C@@H]4[C@@]5(C)CC[C@H](OC(=O)[C@H]6C[C@@H](C(=O)O)C6(C)C)C(C)(C)[C@@H]5CC[C@@]4(C)[C@]3(C)CC[C@@]2(CC(=O)NCC(C)(C)NC(=O)c2ccc(Cl)cc2OCCN2CCOCC2)CC1=O. The fourth-order valence-electron chi connectivity index (χ4n) is 16.1. The summed E-state index contributed by atoms with van der Waals surface area (Å²) in [7, 11) is 0. The highest BCUT2D eigenvalue weighted by Crippen LogP contribution is 2.77. The van der Waals surface area contributed by atoms with Gasteiger partial charge in [0.25, 0.3) is 5.91 Å². The molecule has 1 heterocycles. The van der Waals surface area contributed by atoms with Crippen LogP contribution in [0.5, 0.6) is 5.75 Å². The summed E-state index contributed by atoms with van der Waals surface area (Å²) in [6.45, 7) is 28.4. The minimum absolute atomic E-state index is 0.00231. The van der Waals surface area contributed by atoms with Crippen molar-refractivity contribution in [3.05, 3.63) is 39.9 Å². The van der Waals surface area contributed by atoms with Gasteiger partial charge in [0.2, 0.25) is 5.91 Å². The summed E-state index contributed by atoms with van der Waals surface area (Å²) in [6, 6.07) is 5.02. The van der Waals surface area contributed by atoms with Crippen molar-refractivity contribution in [3.63, 3.8) is 0 Å². The monoisotopic (exact) mass is 976 g/mol. The normalized spacial score (nSPS) is 36.0. The molecular weight excluding hydrogens is 894 g/mol. The van der Waals surface area contributed by atoms with Crippen LogP contribution in [0.2, 0.25) is 5.02 Å². The first-order valence-corrected chi connectivity index (χ1v) is 26.6. The Morgan fingerprint density at radius 2 is 1.61 bits per heavy atom. The van der Waals surface area contributed by atoms with Crippen molar-refractivity contribution in [1.82, 2.24) is 15.5 Å². The van der Waals surface area contributed by atoms with E-state index in [1.54, 1.807) is 18.2 Å². The average Bonchev–Trinajstić information content (AvgIpc) is 3.55. The summed E-state index contributed by atoms with van der Waals surface area (Å²) in [5.41, 5.74) is 0.308. The topological polar surface area (TPSA) is 161 Å². The predicted octanol–water partition coefficient (Wildman–Crippen LogP) is 9.71. The van der Waals surface area contributed by atoms with Gasteiger partial charge in [-0.2, -0.15) is 0 Å². The van der Waals surface area contributed by atoms with E-state index >= 15 is 0 Å². The van der Waals surface area contributed by atoms with Crippen LogP contribution >= 0.6 is 11.6 Å². The molecule has 1 aliphatic heterocycles. The first-order valence-electron chi connectivity index (χ1n) is 26.2. The molecule has 382 valence electrons. The van der Waals surface area contributed by atoms with Crippen LogP contribution in [0.3, 0.4) is 0 Å². The Bertz CT molecular complexity index is 2250. The Kier molecular flexibility index (Phi) is 13.9. The number of benzene rings is 1. The first kappa shape index (κ1) is 51.9. The van der Waals surface area contributed by atoms with Gasteiger partial charge < -0.3 is 30.0 Å². The third-order valence-corrected chi connectivity index (χ3v) is 20.5. The van der Waals surface area contributed by atoms with Crippen molar-refractivity contribution in [1.29, 1.82) is 0 Å². The van der Waals surface area contributed by atoms with E-state index in [2.05, 4.69) is 64.0 Å². The quantitative estimate of drug-likeness (QED) is 0.153. The second-order valence-corrected chi connectivity index (χ2v) is 25.9. The minimum atomic E-state index is -0.845. The molecule has 12 nitrogen and oxygen atoms in total. The molecule has 7 aliphatic rings. The third-order valence-electron chi connectivity index (χ3n) is 20.3. The van der Waals surface area contributed by atoms with Gasteiger partial charge in [-0.1, -0.05) is 79.5 Å². The molecule has 5 saturated carbocycles. The molecule has 0 radical (unpaired) electrons. The van der Waals surface area contributed by atoms with Crippen molar-refractivity contribution in [2.45, 2.75) is 158 Å². The number of ether oxygens (including phenoxy) is 3. The Hall–Kier alpha value is -3.48. The zero-order valence-corrected chi connectivity index (χ0v) is 44.3. The molecule has 13 heteroatoms. The zero-order chi connectivity index (χ0) is 50.3. The van der Waals surface area contributed by atoms with Crippen LogP contribution in [0.25, 0.3) is 0 Å². The number of aliphatic carboxylic acids is 1. The number of carbonyl (C=O) groups is 5. The second-order valence-electron chi connectivity index (χ2n) is 25.5. The van der Waals surface area contributed by atoms with E-state index in [-0.39, 0.29) is 76.1 Å². The van der Waals surface area contributed by atoms with Gasteiger partial charge in [0.15, 0.2) is 5.78 Å². The molecule has 8 rings (SSSR count). The molecule has 69 heavy (non-hydrogen) atoms. The summed E-state index contributed by atoms with van der Waals surface area (Å²) < 4.78 is 18.0. The number of ketones is 1. The highest BCUT2D eigenvalue weighted by molar-refractivity contribution is 6.30. The van der Waals surface area contributed by atoms with Crippen LogP contribution in [-0.4, -0.2) is 97.2 Å². The molecule has 0 bridgehead atoms. The Balaban J connectivity index is 0.944. The van der Waals surface area contributed by atoms with Gasteiger partial charge in [-0.15, -0.1) is 0 Å². The van der Waals surface area contributed by atoms with Gasteiger partial charge in [-0.3, -0.25) is 28.9 Å². The highest BCUT2D eigenvalue weighted by Gasteiger charge is 2.70. The minimum Gasteiger partial charge on any atom is -0.491 e. The summed E-state index contributed by atoms with van der Waals surface area (Å²) in [4.78, 5) is 70.3. The van der Waals surface area contributed by atoms with Crippen molar-refractivity contribution < 1.29 is 43.3 Å². The molecule has 6 aliphatic carbocycles. The Morgan fingerprint density at radius 3 is 2.28 bits per heavy atom. The molecule has 0 unspecified atom stereocenters. The number of carboxylic acid groups (broad SMARTS) is 1. The van der Waals surface area contributed by atoms with Gasteiger partial charge >= 0.3 is 11.9 Å². The van der Waals surface area contributed by atoms with Crippen LogP contribution in [0.15, 0.2) is 29.3 Å². The lowest BCUT2D eigenvalue weighted by atomic mass is 9.33. The second kappa shape index (κ2) is 18.5. The average molecular weight is 977 g/mol. The summed E-state index contributed by atoms with van der Waals surface area (Å²) >= 11 is 6.35. The van der Waals surface area contributed by atoms with Gasteiger partial charge in [-0.05, 0) is 141 Å². The number of hydrogen-bond acceptors (Lipinski definition) is 9. The van der Waals surface area contributed by atoms with Crippen molar-refractivity contribution in [2.75, 3.05) is 46.0 Å². The van der Waals surface area contributed by atoms with Crippen molar-refractivity contribution in [2.24, 2.45) is 68.0 Å². The van der Waals surface area contributed by atoms with Crippen LogP contribution in [-0.2, 0) is 28.7 Å². The smallest absolute Gasteiger partial charge is 0.309 e. The van der Waals surface area contributed by atoms with E-state index in [1.807, 2.05) is 27.7 Å². The van der Waals surface area contributed by atoms with E-state index in [4.69, 9.17) is 25.8 Å². The van der Waals surface area contributed by atoms with E-state index in [0.717, 1.165) is 70.0 Å². The fourth-order valence-corrected chi connectivity index (χ4v) is 16.3. The fraction of sp³-hybridized carbons (Fsp3) is 0.768. The van der Waals surface area contributed by atoms with E-state index in [1.165, 1.54) is 5.57 Å². The number of amides is 2. The molecule has 0 aromatic heterocycles. The van der Waals surface area contributed by atoms with E-state index < -0.39 is 34.2 Å². The zero-order valence-electron chi connectivity index (χ0n) is 43.5. The number of esters is 1. The maximum Gasteiger partial charge on any atom is 0.309 e. The molecule has 1 aromatic rings. The lowest BCUT2D eigenvalue weighted by Crippen LogP contribution is -2.66. The molecule has 6 fully saturated rings. The number of nitrogens with zero attached hydrogens (tertiary/aromatic N) is 1. The number of carbonyl (C=O) groups excluding carboxylic acids is 4. The Labute approximate surface area is 416 Å². The van der Waals surface area contributed by atoms with Gasteiger partial charge in [0, 0.05) is 54.9 Å². The predicted molar refractivity (Wildman–Crippen MR) is 266 cm³/mol. The molecule has 10 atom stereocenters. The van der Waals surface area contributed by atoms with Crippen LogP contribution in [0.1, 0.15) is 157 Å². The molecular formula is C56H82ClN3O9. The molecule has 1 saturated heterocycles. The van der Waals surface area contributed by atoms with E-state index in [0.29, 0.717) is 67.4 Å². The number of allylic oxidation sites excluding steroid dienone is 2. The number of fused-ring (bicyclic) bond motifs is 7. The Morgan fingerprint density at radius 1 is 0.899 bits per heavy atom. The standard InChI is InChI=1S/C56H82ClN3O9/c1-33(2)45-39(61)30-56(31-44(62)58-32-50(3,4)59-47(63)35-13-12-34(57)28-40(35)68-27-24-60-22-25-67-26-23-60)21-20-54(10)36(46(45)56)14-15-42-53(9)18-17-43(52(7,8)41(53)16-19-55(42,54)11)69-49(66)38-29-37(48(64)65)51(38,5)6/h12-13,28,33,36-38,41-43H,14-27,29-32H2,1-11H3,(H,58,62)(H,59,63)(H,64,65)/t36-,37+,38-,41+,42-,43+,53+,54-,55-,56+/m1/s1. The maximum atomic E-state index is 14.3. The van der Waals surface area contributed by atoms with Gasteiger partial charge in [0.05, 0.1) is 36.2 Å². The van der Waals surface area contributed by atoms with Crippen LogP contribution < -0.4 is 15.4 Å². The number of rotatable bonds is 14. The van der Waals surface area contributed by atoms with E-state index in [9.17, 15) is 29.1 Å².